The Labute approximate surface area is 174 Å². The standard InChI is InChI=1S/C20H29N5O3S/c1-23-17-15(19(26)24(2)20(23)27)18(29-13-10-25-8-11-28-12-9-25)22-16(21-17)14-6-4-3-5-7-14/h14H,3-13H2,1-2H3/p+1. The van der Waals surface area contributed by atoms with Crippen LogP contribution in [0, 0.1) is 0 Å². The maximum absolute atomic E-state index is 12.9. The second-order valence-electron chi connectivity index (χ2n) is 8.09. The van der Waals surface area contributed by atoms with Crippen molar-refractivity contribution in [1.29, 1.82) is 0 Å². The number of hydrogen-bond acceptors (Lipinski definition) is 6. The molecule has 158 valence electrons. The highest BCUT2D eigenvalue weighted by Crippen LogP contribution is 2.32. The number of nitrogens with one attached hydrogen (secondary N) is 1. The molecule has 0 atom stereocenters. The van der Waals surface area contributed by atoms with Gasteiger partial charge in [0.05, 0.1) is 19.8 Å². The Morgan fingerprint density at radius 3 is 2.52 bits per heavy atom. The molecule has 1 N–H and O–H groups in total. The van der Waals surface area contributed by atoms with E-state index in [-0.39, 0.29) is 11.2 Å². The Hall–Kier alpha value is -1.71. The maximum atomic E-state index is 12.9. The minimum atomic E-state index is -0.343. The highest BCUT2D eigenvalue weighted by molar-refractivity contribution is 7.99. The lowest BCUT2D eigenvalue weighted by molar-refractivity contribution is -0.905. The fraction of sp³-hybridized carbons (Fsp3) is 0.700. The second kappa shape index (κ2) is 8.97. The first-order valence-corrected chi connectivity index (χ1v) is 11.6. The van der Waals surface area contributed by atoms with Crippen LogP contribution in [0.15, 0.2) is 14.6 Å². The van der Waals surface area contributed by atoms with Gasteiger partial charge >= 0.3 is 5.69 Å². The van der Waals surface area contributed by atoms with Gasteiger partial charge in [-0.2, -0.15) is 0 Å². The molecule has 8 nitrogen and oxygen atoms in total. The van der Waals surface area contributed by atoms with Crippen LogP contribution >= 0.6 is 11.8 Å². The molecule has 0 radical (unpaired) electrons. The van der Waals surface area contributed by atoms with E-state index in [1.807, 2.05) is 0 Å². The molecule has 4 rings (SSSR count). The quantitative estimate of drug-likeness (QED) is 0.545. The van der Waals surface area contributed by atoms with E-state index >= 15 is 0 Å². The van der Waals surface area contributed by atoms with Crippen molar-refractivity contribution < 1.29 is 9.64 Å². The van der Waals surface area contributed by atoms with Crippen LogP contribution in [0.25, 0.3) is 11.0 Å². The van der Waals surface area contributed by atoms with Crippen molar-refractivity contribution in [3.05, 3.63) is 26.7 Å². The summed E-state index contributed by atoms with van der Waals surface area (Å²) in [6, 6.07) is 0. The summed E-state index contributed by atoms with van der Waals surface area (Å²) in [6.45, 7) is 4.67. The van der Waals surface area contributed by atoms with Gasteiger partial charge in [0.2, 0.25) is 0 Å². The van der Waals surface area contributed by atoms with Crippen molar-refractivity contribution in [2.24, 2.45) is 14.1 Å². The van der Waals surface area contributed by atoms with E-state index in [2.05, 4.69) is 0 Å². The van der Waals surface area contributed by atoms with Crippen molar-refractivity contribution in [3.8, 4) is 0 Å². The highest BCUT2D eigenvalue weighted by Gasteiger charge is 2.23. The van der Waals surface area contributed by atoms with E-state index < -0.39 is 0 Å². The van der Waals surface area contributed by atoms with Gasteiger partial charge in [-0.1, -0.05) is 31.0 Å². The average Bonchev–Trinajstić information content (AvgIpc) is 2.77. The summed E-state index contributed by atoms with van der Waals surface area (Å²) >= 11 is 1.62. The third kappa shape index (κ3) is 4.27. The number of hydrogen-bond donors (Lipinski definition) is 1. The Kier molecular flexibility index (Phi) is 6.36. The first kappa shape index (κ1) is 20.6. The molecular formula is C20H30N5O3S+. The fourth-order valence-electron chi connectivity index (χ4n) is 4.29. The zero-order valence-corrected chi connectivity index (χ0v) is 18.1. The molecule has 0 spiro atoms. The number of aryl methyl sites for hydroxylation is 1. The number of thioether (sulfide) groups is 1. The van der Waals surface area contributed by atoms with Crippen molar-refractivity contribution >= 4 is 22.8 Å². The second-order valence-corrected chi connectivity index (χ2v) is 9.17. The van der Waals surface area contributed by atoms with Crippen LogP contribution < -0.4 is 16.1 Å². The van der Waals surface area contributed by atoms with Gasteiger partial charge in [0.1, 0.15) is 29.3 Å². The van der Waals surface area contributed by atoms with E-state index in [1.54, 1.807) is 18.8 Å². The molecule has 1 saturated heterocycles. The summed E-state index contributed by atoms with van der Waals surface area (Å²) < 4.78 is 8.08. The molecule has 0 unspecified atom stereocenters. The third-order valence-corrected chi connectivity index (χ3v) is 7.13. The topological polar surface area (TPSA) is 83.4 Å². The van der Waals surface area contributed by atoms with Gasteiger partial charge in [-0.25, -0.2) is 14.8 Å². The zero-order valence-electron chi connectivity index (χ0n) is 17.3. The van der Waals surface area contributed by atoms with E-state index in [1.165, 1.54) is 35.8 Å². The SMILES string of the molecule is Cn1c(=O)c2c(SCC[NH+]3CCOCC3)nc(C3CCCCC3)nc2n(C)c1=O. The predicted octanol–water partition coefficient (Wildman–Crippen LogP) is 0.0821. The zero-order chi connectivity index (χ0) is 20.4. The maximum Gasteiger partial charge on any atom is 0.332 e. The smallest absolute Gasteiger partial charge is 0.332 e. The van der Waals surface area contributed by atoms with Crippen LogP contribution in [-0.2, 0) is 18.8 Å². The molecule has 1 aliphatic carbocycles. The van der Waals surface area contributed by atoms with Crippen LogP contribution in [0.4, 0.5) is 0 Å². The molecule has 2 aromatic heterocycles. The van der Waals surface area contributed by atoms with E-state index in [9.17, 15) is 9.59 Å². The number of fused-ring (bicyclic) bond motifs is 1. The Morgan fingerprint density at radius 2 is 1.79 bits per heavy atom. The normalized spacial score (nSPS) is 19.1. The summed E-state index contributed by atoms with van der Waals surface area (Å²) in [4.78, 5) is 36.5. The van der Waals surface area contributed by atoms with Gasteiger partial charge in [0.15, 0.2) is 5.65 Å². The van der Waals surface area contributed by atoms with Gasteiger partial charge < -0.3 is 9.64 Å². The monoisotopic (exact) mass is 420 g/mol. The molecule has 2 aromatic rings. The van der Waals surface area contributed by atoms with E-state index in [0.29, 0.717) is 17.0 Å². The van der Waals surface area contributed by atoms with Crippen molar-refractivity contribution in [2.75, 3.05) is 38.6 Å². The molecule has 2 aliphatic rings. The van der Waals surface area contributed by atoms with E-state index in [4.69, 9.17) is 14.7 Å². The summed E-state index contributed by atoms with van der Waals surface area (Å²) in [5, 5.41) is 1.19. The molecule has 2 fully saturated rings. The van der Waals surface area contributed by atoms with Gasteiger partial charge in [-0.05, 0) is 12.8 Å². The Morgan fingerprint density at radius 1 is 1.07 bits per heavy atom. The van der Waals surface area contributed by atoms with Crippen LogP contribution in [0.1, 0.15) is 43.8 Å². The largest absolute Gasteiger partial charge is 0.370 e. The van der Waals surface area contributed by atoms with Crippen LogP contribution in [0.3, 0.4) is 0 Å². The number of morpholine rings is 1. The van der Waals surface area contributed by atoms with E-state index in [0.717, 1.165) is 66.9 Å². The number of nitrogens with zero attached hydrogens (tertiary/aromatic N) is 4. The molecule has 0 bridgehead atoms. The molecule has 0 amide bonds. The Bertz CT molecular complexity index is 990. The van der Waals surface area contributed by atoms with Gasteiger partial charge in [-0.15, -0.1) is 0 Å². The molecule has 3 heterocycles. The minimum absolute atomic E-state index is 0.306. The predicted molar refractivity (Wildman–Crippen MR) is 113 cm³/mol. The lowest BCUT2D eigenvalue weighted by atomic mass is 9.89. The van der Waals surface area contributed by atoms with Crippen molar-refractivity contribution in [2.45, 2.75) is 43.0 Å². The average molecular weight is 421 g/mol. The molecule has 0 aromatic carbocycles. The third-order valence-electron chi connectivity index (χ3n) is 6.15. The van der Waals surface area contributed by atoms with Crippen LogP contribution in [0.2, 0.25) is 0 Å². The van der Waals surface area contributed by atoms with Gasteiger partial charge in [0, 0.05) is 25.8 Å². The first-order valence-electron chi connectivity index (χ1n) is 10.6. The molecule has 9 heteroatoms. The molecular weight excluding hydrogens is 390 g/mol. The summed E-state index contributed by atoms with van der Waals surface area (Å²) in [6.07, 6.45) is 5.78. The summed E-state index contributed by atoms with van der Waals surface area (Å²) in [7, 11) is 3.21. The lowest BCUT2D eigenvalue weighted by Gasteiger charge is -2.24. The molecule has 1 saturated carbocycles. The molecule has 29 heavy (non-hydrogen) atoms. The van der Waals surface area contributed by atoms with Crippen molar-refractivity contribution in [3.63, 3.8) is 0 Å². The van der Waals surface area contributed by atoms with Gasteiger partial charge in [0.25, 0.3) is 5.56 Å². The van der Waals surface area contributed by atoms with Crippen LogP contribution in [-0.4, -0.2) is 57.7 Å². The number of ether oxygens (including phenoxy) is 1. The first-order chi connectivity index (χ1) is 14.1. The number of rotatable bonds is 5. The fourth-order valence-corrected chi connectivity index (χ4v) is 5.36. The molecule has 1 aliphatic heterocycles. The number of quaternary nitrogens is 1. The minimum Gasteiger partial charge on any atom is -0.370 e. The lowest BCUT2D eigenvalue weighted by Crippen LogP contribution is -3.14. The van der Waals surface area contributed by atoms with Crippen LogP contribution in [0.5, 0.6) is 0 Å². The van der Waals surface area contributed by atoms with Gasteiger partial charge in [-0.3, -0.25) is 13.9 Å². The highest BCUT2D eigenvalue weighted by atomic mass is 32.2. The summed E-state index contributed by atoms with van der Waals surface area (Å²) in [5.41, 5.74) is -0.182. The Balaban J connectivity index is 1.71. The summed E-state index contributed by atoms with van der Waals surface area (Å²) in [5.74, 6) is 1.98. The van der Waals surface area contributed by atoms with Crippen molar-refractivity contribution in [1.82, 2.24) is 19.1 Å². The number of aromatic nitrogens is 4.